The number of benzene rings is 1. The highest BCUT2D eigenvalue weighted by Crippen LogP contribution is 2.11. The second-order valence-corrected chi connectivity index (χ2v) is 4.83. The van der Waals surface area contributed by atoms with Gasteiger partial charge in [-0.15, -0.1) is 0 Å². The minimum absolute atomic E-state index is 0.516. The van der Waals surface area contributed by atoms with E-state index < -0.39 is 11.8 Å². The highest BCUT2D eigenvalue weighted by Gasteiger charge is 2.22. The van der Waals surface area contributed by atoms with Gasteiger partial charge in [-0.2, -0.15) is 5.10 Å². The Balaban J connectivity index is 1.87. The van der Waals surface area contributed by atoms with Crippen LogP contribution in [0.5, 0.6) is 5.75 Å². The van der Waals surface area contributed by atoms with E-state index in [0.29, 0.717) is 18.8 Å². The van der Waals surface area contributed by atoms with Crippen LogP contribution in [0.2, 0.25) is 0 Å². The van der Waals surface area contributed by atoms with Crippen LogP contribution in [0.4, 0.5) is 0 Å². The number of piperidine rings is 1. The summed E-state index contributed by atoms with van der Waals surface area (Å²) >= 11 is 0. The van der Waals surface area contributed by atoms with Gasteiger partial charge < -0.3 is 9.64 Å². The van der Waals surface area contributed by atoms with Crippen molar-refractivity contribution in [1.82, 2.24) is 10.3 Å². The Hall–Kier alpha value is -2.37. The minimum atomic E-state index is -0.698. The van der Waals surface area contributed by atoms with Crippen LogP contribution in [0.1, 0.15) is 24.8 Å². The number of nitrogens with one attached hydrogen (secondary N) is 1. The van der Waals surface area contributed by atoms with Crippen molar-refractivity contribution < 1.29 is 14.3 Å². The van der Waals surface area contributed by atoms with Crippen molar-refractivity contribution in [2.45, 2.75) is 19.3 Å². The van der Waals surface area contributed by atoms with Crippen LogP contribution < -0.4 is 10.2 Å². The summed E-state index contributed by atoms with van der Waals surface area (Å²) in [5.41, 5.74) is 3.04. The Labute approximate surface area is 123 Å². The number of likely N-dealkylation sites (tertiary alicyclic amines) is 1. The van der Waals surface area contributed by atoms with E-state index >= 15 is 0 Å². The first kappa shape index (κ1) is 15.0. The maximum absolute atomic E-state index is 11.9. The molecule has 0 radical (unpaired) electrons. The molecule has 0 spiro atoms. The third kappa shape index (κ3) is 4.30. The number of rotatable bonds is 3. The molecule has 6 nitrogen and oxygen atoms in total. The SMILES string of the molecule is COc1cccc(/C=N\NC(=O)C(=O)N2CCCCC2)c1. The molecule has 0 aromatic heterocycles. The number of hydrazone groups is 1. The van der Waals surface area contributed by atoms with Gasteiger partial charge in [0.2, 0.25) is 0 Å². The number of ether oxygens (including phenoxy) is 1. The molecule has 1 aromatic rings. The number of nitrogens with zero attached hydrogens (tertiary/aromatic N) is 2. The van der Waals surface area contributed by atoms with Crippen LogP contribution in [0.3, 0.4) is 0 Å². The number of carbonyl (C=O) groups excluding carboxylic acids is 2. The van der Waals surface area contributed by atoms with Crippen molar-refractivity contribution >= 4 is 18.0 Å². The molecule has 0 saturated carbocycles. The lowest BCUT2D eigenvalue weighted by Crippen LogP contribution is -2.43. The number of hydrogen-bond acceptors (Lipinski definition) is 4. The monoisotopic (exact) mass is 289 g/mol. The molecule has 1 N–H and O–H groups in total. The Morgan fingerprint density at radius 1 is 1.29 bits per heavy atom. The molecular weight excluding hydrogens is 270 g/mol. The molecule has 0 unspecified atom stereocenters. The van der Waals surface area contributed by atoms with Crippen molar-refractivity contribution in [3.63, 3.8) is 0 Å². The summed E-state index contributed by atoms with van der Waals surface area (Å²) in [6.45, 7) is 1.29. The molecule has 1 heterocycles. The number of hydrogen-bond donors (Lipinski definition) is 1. The summed E-state index contributed by atoms with van der Waals surface area (Å²) in [5, 5.41) is 3.81. The second-order valence-electron chi connectivity index (χ2n) is 4.83. The minimum Gasteiger partial charge on any atom is -0.497 e. The average Bonchev–Trinajstić information content (AvgIpc) is 2.55. The van der Waals surface area contributed by atoms with Crippen LogP contribution >= 0.6 is 0 Å². The summed E-state index contributed by atoms with van der Waals surface area (Å²) in [6, 6.07) is 7.24. The fourth-order valence-electron chi connectivity index (χ4n) is 2.18. The second kappa shape index (κ2) is 7.42. The van der Waals surface area contributed by atoms with Gasteiger partial charge in [-0.05, 0) is 37.0 Å². The van der Waals surface area contributed by atoms with E-state index in [2.05, 4.69) is 10.5 Å². The third-order valence-electron chi connectivity index (χ3n) is 3.31. The van der Waals surface area contributed by atoms with E-state index in [4.69, 9.17) is 4.74 Å². The van der Waals surface area contributed by atoms with Crippen LogP contribution in [0, 0.1) is 0 Å². The van der Waals surface area contributed by atoms with Gasteiger partial charge >= 0.3 is 11.8 Å². The van der Waals surface area contributed by atoms with Gasteiger partial charge in [0.05, 0.1) is 13.3 Å². The Morgan fingerprint density at radius 2 is 2.05 bits per heavy atom. The summed E-state index contributed by atoms with van der Waals surface area (Å²) in [5.74, 6) is -0.511. The van der Waals surface area contributed by atoms with Gasteiger partial charge in [-0.3, -0.25) is 9.59 Å². The van der Waals surface area contributed by atoms with Gasteiger partial charge in [0.1, 0.15) is 5.75 Å². The van der Waals surface area contributed by atoms with Crippen molar-refractivity contribution in [2.75, 3.05) is 20.2 Å². The van der Waals surface area contributed by atoms with Crippen molar-refractivity contribution in [1.29, 1.82) is 0 Å². The van der Waals surface area contributed by atoms with Crippen LogP contribution in [0.25, 0.3) is 0 Å². The molecule has 1 aliphatic heterocycles. The van der Waals surface area contributed by atoms with Gasteiger partial charge in [0, 0.05) is 13.1 Å². The van der Waals surface area contributed by atoms with Crippen molar-refractivity contribution in [2.24, 2.45) is 5.10 Å². The zero-order valence-electron chi connectivity index (χ0n) is 12.0. The maximum Gasteiger partial charge on any atom is 0.329 e. The molecule has 1 aliphatic rings. The van der Waals surface area contributed by atoms with Gasteiger partial charge in [-0.25, -0.2) is 5.43 Å². The number of amides is 2. The summed E-state index contributed by atoms with van der Waals surface area (Å²) in [4.78, 5) is 25.1. The Bertz CT molecular complexity index is 537. The highest BCUT2D eigenvalue weighted by molar-refractivity contribution is 6.35. The van der Waals surface area contributed by atoms with E-state index in [0.717, 1.165) is 24.8 Å². The molecule has 1 fully saturated rings. The molecule has 0 bridgehead atoms. The fraction of sp³-hybridized carbons (Fsp3) is 0.400. The maximum atomic E-state index is 11.9. The van der Waals surface area contributed by atoms with Gasteiger partial charge in [-0.1, -0.05) is 12.1 Å². The van der Waals surface area contributed by atoms with E-state index in [1.165, 1.54) is 6.21 Å². The highest BCUT2D eigenvalue weighted by atomic mass is 16.5. The van der Waals surface area contributed by atoms with E-state index in [9.17, 15) is 9.59 Å². The Kier molecular flexibility index (Phi) is 5.31. The lowest BCUT2D eigenvalue weighted by Gasteiger charge is -2.25. The largest absolute Gasteiger partial charge is 0.497 e. The fourth-order valence-corrected chi connectivity index (χ4v) is 2.18. The summed E-state index contributed by atoms with van der Waals surface area (Å²) < 4.78 is 5.09. The molecule has 0 aliphatic carbocycles. The molecule has 21 heavy (non-hydrogen) atoms. The standard InChI is InChI=1S/C15H19N3O3/c1-21-13-7-5-6-12(10-13)11-16-17-14(19)15(20)18-8-3-2-4-9-18/h5-7,10-11H,2-4,8-9H2,1H3,(H,17,19)/b16-11-. The Morgan fingerprint density at radius 3 is 2.76 bits per heavy atom. The lowest BCUT2D eigenvalue weighted by atomic mass is 10.1. The van der Waals surface area contributed by atoms with Gasteiger partial charge in [0.25, 0.3) is 0 Å². The van der Waals surface area contributed by atoms with Crippen LogP contribution in [-0.4, -0.2) is 43.1 Å². The average molecular weight is 289 g/mol. The summed E-state index contributed by atoms with van der Waals surface area (Å²) in [6.07, 6.45) is 4.49. The summed E-state index contributed by atoms with van der Waals surface area (Å²) in [7, 11) is 1.58. The number of carbonyl (C=O) groups is 2. The molecule has 1 aromatic carbocycles. The zero-order valence-corrected chi connectivity index (χ0v) is 12.0. The van der Waals surface area contributed by atoms with E-state index in [1.807, 2.05) is 18.2 Å². The van der Waals surface area contributed by atoms with Crippen LogP contribution in [-0.2, 0) is 9.59 Å². The topological polar surface area (TPSA) is 71.0 Å². The molecule has 2 amide bonds. The first-order chi connectivity index (χ1) is 10.2. The van der Waals surface area contributed by atoms with Crippen molar-refractivity contribution in [3.8, 4) is 5.75 Å². The third-order valence-corrected chi connectivity index (χ3v) is 3.31. The smallest absolute Gasteiger partial charge is 0.329 e. The zero-order chi connectivity index (χ0) is 15.1. The van der Waals surface area contributed by atoms with Crippen LogP contribution in [0.15, 0.2) is 29.4 Å². The predicted molar refractivity (Wildman–Crippen MR) is 79.2 cm³/mol. The quantitative estimate of drug-likeness (QED) is 0.515. The van der Waals surface area contributed by atoms with Crippen molar-refractivity contribution in [3.05, 3.63) is 29.8 Å². The first-order valence-electron chi connectivity index (χ1n) is 6.97. The normalized spacial score (nSPS) is 15.0. The first-order valence-corrected chi connectivity index (χ1v) is 6.97. The van der Waals surface area contributed by atoms with E-state index in [1.54, 1.807) is 18.1 Å². The predicted octanol–water partition coefficient (Wildman–Crippen LogP) is 1.16. The molecule has 1 saturated heterocycles. The number of methoxy groups -OCH3 is 1. The molecule has 0 atom stereocenters. The van der Waals surface area contributed by atoms with E-state index in [-0.39, 0.29) is 0 Å². The molecule has 112 valence electrons. The molecule has 6 heteroatoms. The van der Waals surface area contributed by atoms with Gasteiger partial charge in [0.15, 0.2) is 0 Å². The molecular formula is C15H19N3O3. The molecule has 2 rings (SSSR count). The lowest BCUT2D eigenvalue weighted by molar-refractivity contribution is -0.146.